The lowest BCUT2D eigenvalue weighted by Crippen LogP contribution is -2.42. The van der Waals surface area contributed by atoms with Gasteiger partial charge in [0.05, 0.1) is 26.5 Å². The summed E-state index contributed by atoms with van der Waals surface area (Å²) in [6, 6.07) is 11.0. The van der Waals surface area contributed by atoms with Gasteiger partial charge in [-0.05, 0) is 38.1 Å². The lowest BCUT2D eigenvalue weighted by Gasteiger charge is -2.18. The highest BCUT2D eigenvalue weighted by molar-refractivity contribution is 14.0. The fourth-order valence-corrected chi connectivity index (χ4v) is 2.28. The van der Waals surface area contributed by atoms with Crippen LogP contribution < -0.4 is 20.1 Å². The first-order valence-corrected chi connectivity index (χ1v) is 8.66. The van der Waals surface area contributed by atoms with Gasteiger partial charge in [0.25, 0.3) is 0 Å². The van der Waals surface area contributed by atoms with E-state index in [1.165, 1.54) is 6.26 Å². The summed E-state index contributed by atoms with van der Waals surface area (Å²) < 4.78 is 16.3. The molecule has 0 bridgehead atoms. The molecule has 3 N–H and O–H groups in total. The summed E-state index contributed by atoms with van der Waals surface area (Å²) in [6.07, 6.45) is 0.676. The van der Waals surface area contributed by atoms with E-state index < -0.39 is 6.10 Å². The van der Waals surface area contributed by atoms with Gasteiger partial charge < -0.3 is 29.6 Å². The molecule has 0 spiro atoms. The van der Waals surface area contributed by atoms with Crippen LogP contribution in [-0.4, -0.2) is 43.9 Å². The van der Waals surface area contributed by atoms with Crippen molar-refractivity contribution in [2.24, 2.45) is 4.99 Å². The summed E-state index contributed by atoms with van der Waals surface area (Å²) in [6.45, 7) is 5.42. The van der Waals surface area contributed by atoms with Gasteiger partial charge in [0.15, 0.2) is 5.96 Å². The van der Waals surface area contributed by atoms with Gasteiger partial charge in [0.2, 0.25) is 0 Å². The number of nitrogens with one attached hydrogen (secondary N) is 2. The first-order valence-electron chi connectivity index (χ1n) is 8.66. The van der Waals surface area contributed by atoms with E-state index in [1.54, 1.807) is 19.2 Å². The highest BCUT2D eigenvalue weighted by atomic mass is 127. The van der Waals surface area contributed by atoms with Crippen LogP contribution in [0.1, 0.15) is 25.7 Å². The predicted molar refractivity (Wildman–Crippen MR) is 116 cm³/mol. The van der Waals surface area contributed by atoms with Crippen molar-refractivity contribution in [3.63, 3.8) is 0 Å². The number of hydrogen-bond donors (Lipinski definition) is 3. The number of guanidine groups is 1. The molecule has 2 aromatic rings. The monoisotopic (exact) mass is 489 g/mol. The highest BCUT2D eigenvalue weighted by Gasteiger charge is 2.11. The second kappa shape index (κ2) is 12.4. The van der Waals surface area contributed by atoms with Crippen LogP contribution in [0.25, 0.3) is 0 Å². The van der Waals surface area contributed by atoms with Crippen molar-refractivity contribution in [1.29, 1.82) is 0 Å². The molecule has 2 unspecified atom stereocenters. The van der Waals surface area contributed by atoms with E-state index in [1.807, 2.05) is 38.1 Å². The van der Waals surface area contributed by atoms with E-state index in [9.17, 15) is 5.11 Å². The van der Waals surface area contributed by atoms with Crippen LogP contribution in [0.3, 0.4) is 0 Å². The van der Waals surface area contributed by atoms with E-state index in [0.717, 1.165) is 11.5 Å². The molecular formula is C19H28IN3O4. The molecule has 1 heterocycles. The molecule has 0 saturated carbocycles. The Morgan fingerprint density at radius 2 is 2.00 bits per heavy atom. The number of nitrogens with zero attached hydrogens (tertiary/aromatic N) is 1. The number of hydrogen-bond acceptors (Lipinski definition) is 5. The average molecular weight is 489 g/mol. The van der Waals surface area contributed by atoms with Gasteiger partial charge in [-0.2, -0.15) is 0 Å². The Hall–Kier alpha value is -1.94. The van der Waals surface area contributed by atoms with E-state index in [0.29, 0.717) is 24.8 Å². The largest absolute Gasteiger partial charge is 0.497 e. The molecule has 2 atom stereocenters. The van der Waals surface area contributed by atoms with E-state index in [-0.39, 0.29) is 36.6 Å². The number of aliphatic hydroxyl groups is 1. The second-order valence-electron chi connectivity index (χ2n) is 5.74. The summed E-state index contributed by atoms with van der Waals surface area (Å²) >= 11 is 0. The van der Waals surface area contributed by atoms with E-state index >= 15 is 0 Å². The summed E-state index contributed by atoms with van der Waals surface area (Å²) in [5.74, 6) is 2.61. The molecule has 27 heavy (non-hydrogen) atoms. The van der Waals surface area contributed by atoms with Gasteiger partial charge in [-0.15, -0.1) is 24.0 Å². The summed E-state index contributed by atoms with van der Waals surface area (Å²) in [4.78, 5) is 4.38. The van der Waals surface area contributed by atoms with Gasteiger partial charge in [0, 0.05) is 12.6 Å². The minimum atomic E-state index is -0.772. The molecule has 1 aromatic carbocycles. The van der Waals surface area contributed by atoms with Crippen molar-refractivity contribution in [3.8, 4) is 11.5 Å². The Morgan fingerprint density at radius 3 is 2.67 bits per heavy atom. The quantitative estimate of drug-likeness (QED) is 0.285. The third kappa shape index (κ3) is 8.08. The molecule has 2 rings (SSSR count). The van der Waals surface area contributed by atoms with Gasteiger partial charge >= 0.3 is 0 Å². The van der Waals surface area contributed by atoms with Crippen molar-refractivity contribution in [3.05, 3.63) is 48.4 Å². The van der Waals surface area contributed by atoms with Crippen molar-refractivity contribution >= 4 is 29.9 Å². The molecule has 0 amide bonds. The van der Waals surface area contributed by atoms with Gasteiger partial charge in [-0.1, -0.05) is 6.07 Å². The fraction of sp³-hybridized carbons (Fsp3) is 0.421. The normalized spacial score (nSPS) is 13.3. The number of aliphatic imine (C=N–C) groups is 1. The van der Waals surface area contributed by atoms with Crippen LogP contribution in [0.2, 0.25) is 0 Å². The molecule has 150 valence electrons. The van der Waals surface area contributed by atoms with Crippen LogP contribution in [0.15, 0.2) is 52.1 Å². The highest BCUT2D eigenvalue weighted by Crippen LogP contribution is 2.19. The number of methoxy groups -OCH3 is 1. The number of rotatable bonds is 9. The molecule has 1 aromatic heterocycles. The standard InChI is InChI=1S/C19H27N3O4.HI/c1-4-20-19(22-13-17(23)18-9-6-10-25-18)21-12-14(2)26-16-8-5-7-15(11-16)24-3;/h5-11,14,17,23H,4,12-13H2,1-3H3,(H2,20,21,22);1H. The smallest absolute Gasteiger partial charge is 0.191 e. The van der Waals surface area contributed by atoms with Crippen LogP contribution in [0, 0.1) is 0 Å². The molecule has 8 heteroatoms. The minimum absolute atomic E-state index is 0. The lowest BCUT2D eigenvalue weighted by atomic mass is 10.3. The molecule has 0 aliphatic heterocycles. The van der Waals surface area contributed by atoms with Gasteiger partial charge in [-0.25, -0.2) is 0 Å². The minimum Gasteiger partial charge on any atom is -0.497 e. The Bertz CT molecular complexity index is 679. The van der Waals surface area contributed by atoms with Crippen LogP contribution in [0.4, 0.5) is 0 Å². The molecular weight excluding hydrogens is 461 g/mol. The lowest BCUT2D eigenvalue weighted by molar-refractivity contribution is 0.158. The number of halogens is 1. The van der Waals surface area contributed by atoms with Gasteiger partial charge in [0.1, 0.15) is 29.5 Å². The van der Waals surface area contributed by atoms with Crippen LogP contribution in [-0.2, 0) is 0 Å². The van der Waals surface area contributed by atoms with E-state index in [2.05, 4.69) is 15.6 Å². The maximum atomic E-state index is 10.1. The summed E-state index contributed by atoms with van der Waals surface area (Å²) in [7, 11) is 1.63. The zero-order valence-corrected chi connectivity index (χ0v) is 18.2. The Balaban J connectivity index is 0.00000364. The van der Waals surface area contributed by atoms with Crippen molar-refractivity contribution in [1.82, 2.24) is 10.6 Å². The van der Waals surface area contributed by atoms with Crippen LogP contribution >= 0.6 is 24.0 Å². The van der Waals surface area contributed by atoms with Gasteiger partial charge in [-0.3, -0.25) is 4.99 Å². The van der Waals surface area contributed by atoms with Crippen molar-refractivity contribution in [2.45, 2.75) is 26.1 Å². The zero-order chi connectivity index (χ0) is 18.8. The molecule has 7 nitrogen and oxygen atoms in total. The Kier molecular flexibility index (Phi) is 10.6. The predicted octanol–water partition coefficient (Wildman–Crippen LogP) is 2.96. The van der Waals surface area contributed by atoms with E-state index in [4.69, 9.17) is 13.9 Å². The molecule has 0 radical (unpaired) electrons. The molecule has 0 aliphatic carbocycles. The number of aliphatic hydroxyl groups excluding tert-OH is 1. The summed E-state index contributed by atoms with van der Waals surface area (Å²) in [5.41, 5.74) is 0. The Morgan fingerprint density at radius 1 is 1.22 bits per heavy atom. The molecule has 0 fully saturated rings. The zero-order valence-electron chi connectivity index (χ0n) is 15.8. The summed E-state index contributed by atoms with van der Waals surface area (Å²) in [5, 5.41) is 16.4. The average Bonchev–Trinajstić information content (AvgIpc) is 3.18. The maximum Gasteiger partial charge on any atom is 0.191 e. The van der Waals surface area contributed by atoms with Crippen molar-refractivity contribution in [2.75, 3.05) is 26.7 Å². The molecule has 0 aliphatic rings. The van der Waals surface area contributed by atoms with Crippen LogP contribution in [0.5, 0.6) is 11.5 Å². The Labute approximate surface area is 177 Å². The SMILES string of the molecule is CCNC(=NCC(O)c1ccco1)NCC(C)Oc1cccc(OC)c1.I. The second-order valence-corrected chi connectivity index (χ2v) is 5.74. The number of ether oxygens (including phenoxy) is 2. The number of benzene rings is 1. The first-order chi connectivity index (χ1) is 12.6. The topological polar surface area (TPSA) is 88.3 Å². The number of furan rings is 1. The maximum absolute atomic E-state index is 10.1. The third-order valence-electron chi connectivity index (χ3n) is 3.57. The first kappa shape index (κ1) is 23.1. The fourth-order valence-electron chi connectivity index (χ4n) is 2.28. The molecule has 0 saturated heterocycles. The van der Waals surface area contributed by atoms with Crippen molar-refractivity contribution < 1.29 is 19.0 Å². The third-order valence-corrected chi connectivity index (χ3v) is 3.57.